The van der Waals surface area contributed by atoms with E-state index in [4.69, 9.17) is 23.2 Å². The van der Waals surface area contributed by atoms with E-state index in [2.05, 4.69) is 21.2 Å². The number of rotatable bonds is 10. The first-order chi connectivity index (χ1) is 17.0. The number of sulfonamides is 1. The fourth-order valence-corrected chi connectivity index (χ4v) is 6.13. The van der Waals surface area contributed by atoms with Crippen LogP contribution in [0, 0.1) is 0 Å². The predicted octanol–water partition coefficient (Wildman–Crippen LogP) is 5.39. The van der Waals surface area contributed by atoms with Crippen molar-refractivity contribution in [3.8, 4) is 0 Å². The van der Waals surface area contributed by atoms with Gasteiger partial charge in [0.1, 0.15) is 12.6 Å². The summed E-state index contributed by atoms with van der Waals surface area (Å²) in [6.07, 6.45) is 5.28. The van der Waals surface area contributed by atoms with Gasteiger partial charge < -0.3 is 10.2 Å². The van der Waals surface area contributed by atoms with Crippen molar-refractivity contribution in [2.45, 2.75) is 57.7 Å². The SMILES string of the molecule is CCC(C(=O)NC1CCCC1)N(Cc1c(Cl)cccc1Cl)C(=O)CN(c1cccc(Br)c1)S(C)(=O)=O. The number of nitrogens with one attached hydrogen (secondary N) is 1. The van der Waals surface area contributed by atoms with E-state index in [0.717, 1.165) is 36.2 Å². The Hall–Kier alpha value is -1.81. The molecule has 1 N–H and O–H groups in total. The van der Waals surface area contributed by atoms with Gasteiger partial charge in [0.15, 0.2) is 0 Å². The number of nitrogens with zero attached hydrogens (tertiary/aromatic N) is 2. The van der Waals surface area contributed by atoms with Gasteiger partial charge in [0.05, 0.1) is 11.9 Å². The third-order valence-electron chi connectivity index (χ3n) is 6.25. The second-order valence-corrected chi connectivity index (χ2v) is 12.5. The first kappa shape index (κ1) is 28.8. The fraction of sp³-hybridized carbons (Fsp3) is 0.440. The van der Waals surface area contributed by atoms with Gasteiger partial charge in [0, 0.05) is 32.7 Å². The molecule has 1 fully saturated rings. The smallest absolute Gasteiger partial charge is 0.244 e. The lowest BCUT2D eigenvalue weighted by atomic mass is 10.1. The molecule has 196 valence electrons. The normalized spacial score (nSPS) is 14.9. The highest BCUT2D eigenvalue weighted by Crippen LogP contribution is 2.28. The molecule has 0 saturated heterocycles. The molecule has 1 saturated carbocycles. The molecule has 11 heteroatoms. The number of anilines is 1. The summed E-state index contributed by atoms with van der Waals surface area (Å²) in [6, 6.07) is 10.9. The zero-order valence-corrected chi connectivity index (χ0v) is 24.1. The molecule has 3 rings (SSSR count). The van der Waals surface area contributed by atoms with Crippen molar-refractivity contribution in [3.63, 3.8) is 0 Å². The lowest BCUT2D eigenvalue weighted by molar-refractivity contribution is -0.140. The summed E-state index contributed by atoms with van der Waals surface area (Å²) in [5.74, 6) is -0.806. The van der Waals surface area contributed by atoms with Crippen molar-refractivity contribution >= 4 is 66.7 Å². The Balaban J connectivity index is 1.97. The minimum Gasteiger partial charge on any atom is -0.352 e. The minimum atomic E-state index is -3.81. The second-order valence-electron chi connectivity index (χ2n) is 8.89. The van der Waals surface area contributed by atoms with Gasteiger partial charge in [0.25, 0.3) is 0 Å². The summed E-state index contributed by atoms with van der Waals surface area (Å²) in [5, 5.41) is 3.79. The maximum atomic E-state index is 13.8. The predicted molar refractivity (Wildman–Crippen MR) is 148 cm³/mol. The van der Waals surface area contributed by atoms with Crippen molar-refractivity contribution < 1.29 is 18.0 Å². The van der Waals surface area contributed by atoms with Crippen molar-refractivity contribution in [1.82, 2.24) is 10.2 Å². The van der Waals surface area contributed by atoms with Crippen LogP contribution in [0.3, 0.4) is 0 Å². The highest BCUT2D eigenvalue weighted by Gasteiger charge is 2.33. The van der Waals surface area contributed by atoms with Gasteiger partial charge in [-0.1, -0.05) is 71.0 Å². The summed E-state index contributed by atoms with van der Waals surface area (Å²) in [4.78, 5) is 28.5. The zero-order valence-electron chi connectivity index (χ0n) is 20.2. The molecule has 1 aliphatic rings. The van der Waals surface area contributed by atoms with Crippen molar-refractivity contribution in [2.24, 2.45) is 0 Å². The summed E-state index contributed by atoms with van der Waals surface area (Å²) in [6.45, 7) is 1.30. The monoisotopic (exact) mass is 617 g/mol. The average Bonchev–Trinajstić information content (AvgIpc) is 3.31. The summed E-state index contributed by atoms with van der Waals surface area (Å²) >= 11 is 16.1. The molecule has 2 aromatic rings. The Bertz CT molecular complexity index is 1190. The molecular weight excluding hydrogens is 589 g/mol. The van der Waals surface area contributed by atoms with E-state index in [1.807, 2.05) is 6.92 Å². The molecule has 7 nitrogen and oxygen atoms in total. The topological polar surface area (TPSA) is 86.8 Å². The summed E-state index contributed by atoms with van der Waals surface area (Å²) in [5.41, 5.74) is 0.828. The Labute approximate surface area is 231 Å². The molecule has 0 aliphatic heterocycles. The van der Waals surface area contributed by atoms with Crippen molar-refractivity contribution in [2.75, 3.05) is 17.1 Å². The van der Waals surface area contributed by atoms with E-state index in [9.17, 15) is 18.0 Å². The standard InChI is InChI=1S/C25H30BrCl2N3O4S/c1-3-23(25(33)29-18-9-4-5-10-18)30(15-20-21(27)12-7-13-22(20)28)24(32)16-31(36(2,34)35)19-11-6-8-17(26)14-19/h6-8,11-14,18,23H,3-5,9-10,15-16H2,1-2H3,(H,29,33). The van der Waals surface area contributed by atoms with Gasteiger partial charge in [-0.3, -0.25) is 13.9 Å². The highest BCUT2D eigenvalue weighted by molar-refractivity contribution is 9.10. The highest BCUT2D eigenvalue weighted by atomic mass is 79.9. The molecule has 36 heavy (non-hydrogen) atoms. The number of halogens is 3. The Morgan fingerprint density at radius 2 is 1.72 bits per heavy atom. The molecule has 1 aliphatic carbocycles. The number of carbonyl (C=O) groups is 2. The Morgan fingerprint density at radius 1 is 1.11 bits per heavy atom. The molecule has 2 aromatic carbocycles. The van der Waals surface area contributed by atoms with Crippen LogP contribution in [0.2, 0.25) is 10.0 Å². The van der Waals surface area contributed by atoms with Crippen molar-refractivity contribution in [1.29, 1.82) is 0 Å². The fourth-order valence-electron chi connectivity index (χ4n) is 4.39. The van der Waals surface area contributed by atoms with Crippen LogP contribution in [0.5, 0.6) is 0 Å². The van der Waals surface area contributed by atoms with Crippen LogP contribution in [0.25, 0.3) is 0 Å². The summed E-state index contributed by atoms with van der Waals surface area (Å²) < 4.78 is 27.1. The van der Waals surface area contributed by atoms with E-state index in [1.165, 1.54) is 4.90 Å². The van der Waals surface area contributed by atoms with Crippen LogP contribution >= 0.6 is 39.1 Å². The van der Waals surface area contributed by atoms with E-state index >= 15 is 0 Å². The quantitative estimate of drug-likeness (QED) is 0.387. The molecule has 0 bridgehead atoms. The molecule has 0 spiro atoms. The molecule has 1 atom stereocenters. The summed E-state index contributed by atoms with van der Waals surface area (Å²) in [7, 11) is -3.81. The number of hydrogen-bond donors (Lipinski definition) is 1. The molecule has 0 aromatic heterocycles. The van der Waals surface area contributed by atoms with Gasteiger partial charge in [-0.05, 0) is 49.6 Å². The van der Waals surface area contributed by atoms with Crippen LogP contribution in [0.4, 0.5) is 5.69 Å². The first-order valence-electron chi connectivity index (χ1n) is 11.8. The number of benzene rings is 2. The van der Waals surface area contributed by atoms with Crippen LogP contribution in [-0.2, 0) is 26.2 Å². The van der Waals surface area contributed by atoms with Crippen LogP contribution < -0.4 is 9.62 Å². The number of amides is 2. The molecular formula is C25H30BrCl2N3O4S. The molecule has 1 unspecified atom stereocenters. The van der Waals surface area contributed by atoms with Gasteiger partial charge in [-0.25, -0.2) is 8.42 Å². The van der Waals surface area contributed by atoms with Gasteiger partial charge in [-0.2, -0.15) is 0 Å². The molecule has 2 amide bonds. The van der Waals surface area contributed by atoms with Crippen LogP contribution in [0.15, 0.2) is 46.9 Å². The first-order valence-corrected chi connectivity index (χ1v) is 15.2. The van der Waals surface area contributed by atoms with Gasteiger partial charge in [-0.15, -0.1) is 0 Å². The largest absolute Gasteiger partial charge is 0.352 e. The number of hydrogen-bond acceptors (Lipinski definition) is 4. The lowest BCUT2D eigenvalue weighted by Crippen LogP contribution is -2.53. The zero-order chi connectivity index (χ0) is 26.5. The number of carbonyl (C=O) groups excluding carboxylic acids is 2. The second kappa shape index (κ2) is 12.6. The van der Waals surface area contributed by atoms with Crippen LogP contribution in [0.1, 0.15) is 44.6 Å². The van der Waals surface area contributed by atoms with Crippen molar-refractivity contribution in [3.05, 3.63) is 62.5 Å². The molecule has 0 heterocycles. The Morgan fingerprint density at radius 3 is 2.28 bits per heavy atom. The van der Waals surface area contributed by atoms with E-state index in [0.29, 0.717) is 32.2 Å². The van der Waals surface area contributed by atoms with E-state index < -0.39 is 28.5 Å². The Kier molecular flexibility index (Phi) is 10.1. The van der Waals surface area contributed by atoms with Gasteiger partial charge >= 0.3 is 0 Å². The van der Waals surface area contributed by atoms with Gasteiger partial charge in [0.2, 0.25) is 21.8 Å². The third kappa shape index (κ3) is 7.37. The van der Waals surface area contributed by atoms with E-state index in [1.54, 1.807) is 42.5 Å². The average molecular weight is 619 g/mol. The minimum absolute atomic E-state index is 0.0377. The molecule has 0 radical (unpaired) electrons. The maximum absolute atomic E-state index is 13.8. The maximum Gasteiger partial charge on any atom is 0.244 e. The van der Waals surface area contributed by atoms with E-state index in [-0.39, 0.29) is 18.5 Å². The van der Waals surface area contributed by atoms with Crippen LogP contribution in [-0.4, -0.2) is 50.0 Å². The lowest BCUT2D eigenvalue weighted by Gasteiger charge is -2.33. The third-order valence-corrected chi connectivity index (χ3v) is 8.60.